The molecule has 69 valence electrons. The molecule has 0 aromatic heterocycles. The zero-order valence-electron chi connectivity index (χ0n) is 7.29. The molecule has 1 unspecified atom stereocenters. The van der Waals surface area contributed by atoms with Crippen molar-refractivity contribution in [3.8, 4) is 0 Å². The van der Waals surface area contributed by atoms with Crippen molar-refractivity contribution in [2.45, 2.75) is 25.3 Å². The van der Waals surface area contributed by atoms with Crippen LogP contribution >= 0.6 is 0 Å². The van der Waals surface area contributed by atoms with Gasteiger partial charge in [0.15, 0.2) is 0 Å². The molecular weight excluding hydrogens is 154 g/mol. The predicted octanol–water partition coefficient (Wildman–Crippen LogP) is 1.05. The van der Waals surface area contributed by atoms with Gasteiger partial charge in [-0.1, -0.05) is 13.5 Å². The molecule has 0 spiro atoms. The third-order valence-corrected chi connectivity index (χ3v) is 1.50. The fraction of sp³-hybridized carbons (Fsp3) is 0.556. The average molecular weight is 170 g/mol. The van der Waals surface area contributed by atoms with Crippen molar-refractivity contribution in [2.75, 3.05) is 6.61 Å². The summed E-state index contributed by atoms with van der Waals surface area (Å²) in [5.41, 5.74) is 5.60. The summed E-state index contributed by atoms with van der Waals surface area (Å²) >= 11 is 0. The molecule has 0 aliphatic rings. The smallest absolute Gasteiger partial charge is 0.330 e. The van der Waals surface area contributed by atoms with E-state index in [9.17, 15) is 4.79 Å². The van der Waals surface area contributed by atoms with E-state index in [1.54, 1.807) is 0 Å². The first-order chi connectivity index (χ1) is 5.70. The quantitative estimate of drug-likeness (QED) is 0.368. The number of rotatable bonds is 6. The highest BCUT2D eigenvalue weighted by Crippen LogP contribution is 1.98. The second-order valence-corrected chi connectivity index (χ2v) is 2.56. The first kappa shape index (κ1) is 11.2. The lowest BCUT2D eigenvalue weighted by Crippen LogP contribution is -2.19. The van der Waals surface area contributed by atoms with Crippen LogP contribution in [0.3, 0.4) is 0 Å². The average Bonchev–Trinajstić information content (AvgIpc) is 2.11. The van der Waals surface area contributed by atoms with Crippen LogP contribution in [0.25, 0.3) is 0 Å². The molecule has 1 atom stereocenters. The van der Waals surface area contributed by atoms with Gasteiger partial charge in [-0.2, -0.15) is 0 Å². The van der Waals surface area contributed by atoms with Crippen molar-refractivity contribution >= 4 is 5.97 Å². The van der Waals surface area contributed by atoms with Crippen molar-refractivity contribution in [2.24, 2.45) is 5.73 Å². The molecule has 2 N–H and O–H groups in total. The van der Waals surface area contributed by atoms with E-state index in [2.05, 4.69) is 13.5 Å². The molecule has 0 bridgehead atoms. The number of hydrogen-bond acceptors (Lipinski definition) is 3. The minimum Gasteiger partial charge on any atom is -0.463 e. The van der Waals surface area contributed by atoms with Crippen LogP contribution in [0.1, 0.15) is 19.3 Å². The van der Waals surface area contributed by atoms with Crippen LogP contribution in [0, 0.1) is 6.92 Å². The Balaban J connectivity index is 3.21. The Kier molecular flexibility index (Phi) is 6.38. The summed E-state index contributed by atoms with van der Waals surface area (Å²) in [6.45, 7) is 7.36. The maximum atomic E-state index is 10.5. The lowest BCUT2D eigenvalue weighted by molar-refractivity contribution is -0.137. The number of nitrogens with two attached hydrogens (primary N) is 1. The van der Waals surface area contributed by atoms with Crippen molar-refractivity contribution < 1.29 is 9.53 Å². The number of hydrogen-bond donors (Lipinski definition) is 1. The van der Waals surface area contributed by atoms with Gasteiger partial charge in [-0.3, -0.25) is 0 Å². The van der Waals surface area contributed by atoms with E-state index in [4.69, 9.17) is 10.5 Å². The van der Waals surface area contributed by atoms with Crippen LogP contribution in [0.4, 0.5) is 0 Å². The summed E-state index contributed by atoms with van der Waals surface area (Å²) in [6, 6.07) is 0.118. The Hall–Kier alpha value is -0.830. The van der Waals surface area contributed by atoms with Crippen LogP contribution in [-0.4, -0.2) is 18.6 Å². The normalized spacial score (nSPS) is 12.2. The number of carbonyl (C=O) groups excluding carboxylic acids is 1. The van der Waals surface area contributed by atoms with Gasteiger partial charge in [-0.05, 0) is 19.3 Å². The third-order valence-electron chi connectivity index (χ3n) is 1.50. The van der Waals surface area contributed by atoms with Gasteiger partial charge in [-0.15, -0.1) is 0 Å². The molecule has 0 amide bonds. The highest BCUT2D eigenvalue weighted by Gasteiger charge is 1.99. The summed E-state index contributed by atoms with van der Waals surface area (Å²) in [4.78, 5) is 10.5. The van der Waals surface area contributed by atoms with Crippen LogP contribution in [0.5, 0.6) is 0 Å². The Morgan fingerprint density at radius 3 is 2.83 bits per heavy atom. The maximum Gasteiger partial charge on any atom is 0.330 e. The summed E-state index contributed by atoms with van der Waals surface area (Å²) in [7, 11) is 0. The summed E-state index contributed by atoms with van der Waals surface area (Å²) in [5, 5.41) is 0. The lowest BCUT2D eigenvalue weighted by atomic mass is 10.1. The molecule has 0 aliphatic heterocycles. The van der Waals surface area contributed by atoms with Gasteiger partial charge >= 0.3 is 5.97 Å². The Morgan fingerprint density at radius 2 is 2.33 bits per heavy atom. The predicted molar refractivity (Wildman–Crippen MR) is 48.3 cm³/mol. The van der Waals surface area contributed by atoms with E-state index in [1.807, 2.05) is 0 Å². The zero-order chi connectivity index (χ0) is 9.40. The van der Waals surface area contributed by atoms with E-state index in [-0.39, 0.29) is 12.0 Å². The highest BCUT2D eigenvalue weighted by atomic mass is 16.5. The molecule has 0 saturated carbocycles. The van der Waals surface area contributed by atoms with Crippen molar-refractivity contribution in [1.29, 1.82) is 0 Å². The second kappa shape index (κ2) is 6.85. The molecule has 0 rings (SSSR count). The molecular formula is C9H16NO2. The van der Waals surface area contributed by atoms with Crippen LogP contribution in [0.15, 0.2) is 12.7 Å². The summed E-state index contributed by atoms with van der Waals surface area (Å²) in [5.74, 6) is -0.377. The molecule has 12 heavy (non-hydrogen) atoms. The standard InChI is InChI=1S/C9H16NO2/c1-3-8(10)6-5-7-12-9(11)4-2/h4,8H,1-3,5-7,10H2. The van der Waals surface area contributed by atoms with Gasteiger partial charge < -0.3 is 10.5 Å². The maximum absolute atomic E-state index is 10.5. The highest BCUT2D eigenvalue weighted by molar-refractivity contribution is 5.81. The number of ether oxygens (including phenoxy) is 1. The van der Waals surface area contributed by atoms with Gasteiger partial charge in [0, 0.05) is 12.1 Å². The fourth-order valence-electron chi connectivity index (χ4n) is 0.722. The van der Waals surface area contributed by atoms with Gasteiger partial charge in [0.05, 0.1) is 6.61 Å². The largest absolute Gasteiger partial charge is 0.463 e. The van der Waals surface area contributed by atoms with E-state index >= 15 is 0 Å². The van der Waals surface area contributed by atoms with E-state index in [0.717, 1.165) is 25.3 Å². The zero-order valence-corrected chi connectivity index (χ0v) is 7.29. The monoisotopic (exact) mass is 170 g/mol. The second-order valence-electron chi connectivity index (χ2n) is 2.56. The molecule has 0 aliphatic carbocycles. The fourth-order valence-corrected chi connectivity index (χ4v) is 0.722. The van der Waals surface area contributed by atoms with E-state index in [0.29, 0.717) is 6.61 Å². The molecule has 0 aromatic carbocycles. The number of carbonyl (C=O) groups is 1. The van der Waals surface area contributed by atoms with Crippen LogP contribution in [0.2, 0.25) is 0 Å². The molecule has 1 radical (unpaired) electrons. The third kappa shape index (κ3) is 5.92. The van der Waals surface area contributed by atoms with E-state index in [1.165, 1.54) is 0 Å². The van der Waals surface area contributed by atoms with Crippen LogP contribution < -0.4 is 5.73 Å². The minimum absolute atomic E-state index is 0.118. The SMILES string of the molecule is [CH2]CC(N)CCCOC(=O)C=C. The van der Waals surface area contributed by atoms with Gasteiger partial charge in [-0.25, -0.2) is 4.79 Å². The first-order valence-corrected chi connectivity index (χ1v) is 4.04. The Labute approximate surface area is 73.6 Å². The number of esters is 1. The van der Waals surface area contributed by atoms with E-state index < -0.39 is 0 Å². The van der Waals surface area contributed by atoms with Gasteiger partial charge in [0.25, 0.3) is 0 Å². The van der Waals surface area contributed by atoms with Crippen molar-refractivity contribution in [3.05, 3.63) is 19.6 Å². The molecule has 0 aromatic rings. The van der Waals surface area contributed by atoms with Crippen molar-refractivity contribution in [3.63, 3.8) is 0 Å². The van der Waals surface area contributed by atoms with Gasteiger partial charge in [0.2, 0.25) is 0 Å². The Bertz CT molecular complexity index is 145. The lowest BCUT2D eigenvalue weighted by Gasteiger charge is -2.07. The summed E-state index contributed by atoms with van der Waals surface area (Å²) in [6.07, 6.45) is 3.50. The van der Waals surface area contributed by atoms with Crippen LogP contribution in [-0.2, 0) is 9.53 Å². The summed E-state index contributed by atoms with van der Waals surface area (Å²) < 4.78 is 4.75. The molecule has 3 heteroatoms. The minimum atomic E-state index is -0.377. The Morgan fingerprint density at radius 1 is 1.67 bits per heavy atom. The molecule has 3 nitrogen and oxygen atoms in total. The molecule has 0 saturated heterocycles. The van der Waals surface area contributed by atoms with Crippen molar-refractivity contribution in [1.82, 2.24) is 0 Å². The molecule has 0 fully saturated rings. The molecule has 0 heterocycles. The topological polar surface area (TPSA) is 52.3 Å². The first-order valence-electron chi connectivity index (χ1n) is 4.04. The van der Waals surface area contributed by atoms with Gasteiger partial charge in [0.1, 0.15) is 0 Å².